The molecule has 1 rings (SSSR count). The first-order chi connectivity index (χ1) is 7.38. The van der Waals surface area contributed by atoms with Crippen LogP contribution in [0.25, 0.3) is 0 Å². The number of hydrogen-bond acceptors (Lipinski definition) is 2. The molecule has 0 N–H and O–H groups in total. The molecule has 0 heterocycles. The molecule has 0 aliphatic heterocycles. The van der Waals surface area contributed by atoms with Crippen LogP contribution in [-0.2, 0) is 0 Å². The monoisotopic (exact) mass is 239 g/mol. The zero-order valence-electron chi connectivity index (χ0n) is 11.8. The Bertz CT molecular complexity index is 327. The molecule has 1 nitrogen and oxygen atoms in total. The molecule has 1 aliphatic rings. The van der Waals surface area contributed by atoms with E-state index >= 15 is 0 Å². The van der Waals surface area contributed by atoms with Crippen LogP contribution in [0.2, 0.25) is 0 Å². The molecule has 0 saturated heterocycles. The van der Waals surface area contributed by atoms with E-state index in [0.717, 1.165) is 13.1 Å². The molecular formula is C14H25NS. The summed E-state index contributed by atoms with van der Waals surface area (Å²) >= 11 is 1.89. The van der Waals surface area contributed by atoms with Gasteiger partial charge in [-0.3, -0.25) is 0 Å². The van der Waals surface area contributed by atoms with Crippen molar-refractivity contribution in [3.05, 3.63) is 21.7 Å². The lowest BCUT2D eigenvalue weighted by molar-refractivity contribution is 0.361. The average molecular weight is 239 g/mol. The minimum absolute atomic E-state index is 0.260. The Kier molecular flexibility index (Phi) is 4.17. The van der Waals surface area contributed by atoms with E-state index in [1.807, 2.05) is 11.8 Å². The Balaban J connectivity index is 3.12. The van der Waals surface area contributed by atoms with Crippen molar-refractivity contribution in [2.75, 3.05) is 19.3 Å². The number of thioether (sulfide) groups is 1. The summed E-state index contributed by atoms with van der Waals surface area (Å²) in [5.41, 5.74) is 4.81. The molecule has 2 heteroatoms. The molecule has 0 saturated carbocycles. The molecule has 0 fully saturated rings. The van der Waals surface area contributed by atoms with Crippen LogP contribution in [0.15, 0.2) is 21.7 Å². The van der Waals surface area contributed by atoms with E-state index in [1.165, 1.54) is 16.2 Å². The van der Waals surface area contributed by atoms with Crippen molar-refractivity contribution in [3.8, 4) is 0 Å². The van der Waals surface area contributed by atoms with Crippen molar-refractivity contribution in [2.45, 2.75) is 41.5 Å². The lowest BCUT2D eigenvalue weighted by Gasteiger charge is -2.41. The standard InChI is InChI=1S/C14H25NS/c1-8-15(9-2)12-10(3)13(16-7)11(12)14(4,5)6/h8-9H2,1-7H3. The number of likely N-dealkylation sites (N-methyl/N-ethyl adjacent to an activating group) is 1. The zero-order valence-corrected chi connectivity index (χ0v) is 12.6. The van der Waals surface area contributed by atoms with Crippen LogP contribution in [0.5, 0.6) is 0 Å². The van der Waals surface area contributed by atoms with E-state index in [0.29, 0.717) is 0 Å². The SMILES string of the molecule is CCN(CC)C1=C(C(C)(C)C)C(SC)=C1C. The van der Waals surface area contributed by atoms with Crippen LogP contribution in [0.4, 0.5) is 0 Å². The summed E-state index contributed by atoms with van der Waals surface area (Å²) in [6, 6.07) is 0. The summed E-state index contributed by atoms with van der Waals surface area (Å²) in [6.45, 7) is 15.9. The third kappa shape index (κ3) is 2.17. The highest BCUT2D eigenvalue weighted by Gasteiger charge is 2.35. The Labute approximate surface area is 105 Å². The first kappa shape index (κ1) is 13.7. The average Bonchev–Trinajstić information content (AvgIpc) is 2.20. The minimum atomic E-state index is 0.260. The number of nitrogens with zero attached hydrogens (tertiary/aromatic N) is 1. The van der Waals surface area contributed by atoms with E-state index in [9.17, 15) is 0 Å². The van der Waals surface area contributed by atoms with Gasteiger partial charge in [-0.2, -0.15) is 0 Å². The van der Waals surface area contributed by atoms with E-state index in [4.69, 9.17) is 0 Å². The molecule has 0 bridgehead atoms. The maximum absolute atomic E-state index is 2.48. The van der Waals surface area contributed by atoms with Crippen molar-refractivity contribution in [1.29, 1.82) is 0 Å². The van der Waals surface area contributed by atoms with Crippen molar-refractivity contribution >= 4 is 11.8 Å². The van der Waals surface area contributed by atoms with Gasteiger partial charge in [0.15, 0.2) is 0 Å². The zero-order chi connectivity index (χ0) is 12.5. The summed E-state index contributed by atoms with van der Waals surface area (Å²) in [7, 11) is 0. The second kappa shape index (κ2) is 4.87. The van der Waals surface area contributed by atoms with Crippen molar-refractivity contribution in [1.82, 2.24) is 4.90 Å². The van der Waals surface area contributed by atoms with Gasteiger partial charge in [-0.1, -0.05) is 20.8 Å². The quantitative estimate of drug-likeness (QED) is 0.720. The van der Waals surface area contributed by atoms with Gasteiger partial charge in [0, 0.05) is 23.7 Å². The first-order valence-corrected chi connectivity index (χ1v) is 7.36. The van der Waals surface area contributed by atoms with Crippen LogP contribution in [0, 0.1) is 5.41 Å². The lowest BCUT2D eigenvalue weighted by Crippen LogP contribution is -2.33. The minimum Gasteiger partial charge on any atom is -0.372 e. The Morgan fingerprint density at radius 1 is 1.12 bits per heavy atom. The van der Waals surface area contributed by atoms with Gasteiger partial charge in [-0.05, 0) is 43.6 Å². The topological polar surface area (TPSA) is 3.24 Å². The van der Waals surface area contributed by atoms with Gasteiger partial charge >= 0.3 is 0 Å². The van der Waals surface area contributed by atoms with Gasteiger partial charge < -0.3 is 4.90 Å². The fraction of sp³-hybridized carbons (Fsp3) is 0.714. The number of rotatable bonds is 4. The third-order valence-corrected chi connectivity index (χ3v) is 4.11. The smallest absolute Gasteiger partial charge is 0.0456 e. The van der Waals surface area contributed by atoms with Gasteiger partial charge in [0.25, 0.3) is 0 Å². The highest BCUT2D eigenvalue weighted by Crippen LogP contribution is 2.50. The molecule has 0 unspecified atom stereocenters. The molecule has 0 aromatic rings. The van der Waals surface area contributed by atoms with Gasteiger partial charge in [-0.15, -0.1) is 11.8 Å². The second-order valence-corrected chi connectivity index (χ2v) is 6.12. The van der Waals surface area contributed by atoms with Crippen molar-refractivity contribution in [3.63, 3.8) is 0 Å². The van der Waals surface area contributed by atoms with Gasteiger partial charge in [0.1, 0.15) is 0 Å². The molecule has 16 heavy (non-hydrogen) atoms. The summed E-state index contributed by atoms with van der Waals surface area (Å²) in [4.78, 5) is 3.99. The predicted molar refractivity (Wildman–Crippen MR) is 75.6 cm³/mol. The van der Waals surface area contributed by atoms with Crippen LogP contribution in [0.3, 0.4) is 0 Å². The van der Waals surface area contributed by atoms with Crippen LogP contribution >= 0.6 is 11.8 Å². The molecule has 0 atom stereocenters. The number of allylic oxidation sites excluding steroid dienone is 2. The maximum atomic E-state index is 2.48. The van der Waals surface area contributed by atoms with E-state index in [1.54, 1.807) is 5.57 Å². The highest BCUT2D eigenvalue weighted by molar-refractivity contribution is 8.02. The van der Waals surface area contributed by atoms with E-state index in [-0.39, 0.29) is 5.41 Å². The van der Waals surface area contributed by atoms with Crippen molar-refractivity contribution in [2.24, 2.45) is 5.41 Å². The highest BCUT2D eigenvalue weighted by atomic mass is 32.2. The van der Waals surface area contributed by atoms with E-state index < -0.39 is 0 Å². The van der Waals surface area contributed by atoms with Crippen LogP contribution in [0.1, 0.15) is 41.5 Å². The summed E-state index contributed by atoms with van der Waals surface area (Å²) in [6.07, 6.45) is 2.18. The third-order valence-electron chi connectivity index (χ3n) is 3.19. The molecule has 1 aliphatic carbocycles. The molecule has 92 valence electrons. The molecule has 0 aromatic heterocycles. The lowest BCUT2D eigenvalue weighted by atomic mass is 9.76. The van der Waals surface area contributed by atoms with Gasteiger partial charge in [-0.25, -0.2) is 0 Å². The predicted octanol–water partition coefficient (Wildman–Crippen LogP) is 4.28. The second-order valence-electron chi connectivity index (χ2n) is 5.30. The van der Waals surface area contributed by atoms with Crippen molar-refractivity contribution < 1.29 is 0 Å². The fourth-order valence-corrected chi connectivity index (χ4v) is 3.42. The molecular weight excluding hydrogens is 214 g/mol. The summed E-state index contributed by atoms with van der Waals surface area (Å²) in [5.74, 6) is 0. The van der Waals surface area contributed by atoms with Crippen LogP contribution < -0.4 is 0 Å². The molecule has 0 radical (unpaired) electrons. The number of hydrogen-bond donors (Lipinski definition) is 0. The largest absolute Gasteiger partial charge is 0.372 e. The Morgan fingerprint density at radius 2 is 1.62 bits per heavy atom. The van der Waals surface area contributed by atoms with Crippen LogP contribution in [-0.4, -0.2) is 24.2 Å². The maximum Gasteiger partial charge on any atom is 0.0456 e. The Hall–Kier alpha value is -0.370. The Morgan fingerprint density at radius 3 is 1.94 bits per heavy atom. The van der Waals surface area contributed by atoms with Gasteiger partial charge in [0.05, 0.1) is 0 Å². The fourth-order valence-electron chi connectivity index (χ4n) is 2.41. The summed E-state index contributed by atoms with van der Waals surface area (Å²) in [5, 5.41) is 0. The normalized spacial score (nSPS) is 16.7. The van der Waals surface area contributed by atoms with Gasteiger partial charge in [0.2, 0.25) is 0 Å². The first-order valence-electron chi connectivity index (χ1n) is 6.13. The molecule has 0 amide bonds. The molecule has 0 aromatic carbocycles. The van der Waals surface area contributed by atoms with E-state index in [2.05, 4.69) is 52.7 Å². The molecule has 0 spiro atoms. The summed E-state index contributed by atoms with van der Waals surface area (Å²) < 4.78 is 0.